The molecule has 0 saturated heterocycles. The lowest BCUT2D eigenvalue weighted by molar-refractivity contribution is -0.120. The minimum atomic E-state index is -0.318. The summed E-state index contributed by atoms with van der Waals surface area (Å²) in [6.45, 7) is 1.91. The predicted octanol–water partition coefficient (Wildman–Crippen LogP) is 5.39. The molecule has 178 valence electrons. The van der Waals surface area contributed by atoms with Gasteiger partial charge in [0.1, 0.15) is 17.7 Å². The first kappa shape index (κ1) is 22.2. The fraction of sp³-hybridized carbons (Fsp3) is 0.241. The average Bonchev–Trinajstić information content (AvgIpc) is 3.50. The Balaban J connectivity index is 1.58. The normalized spacial score (nSPS) is 20.9. The highest BCUT2D eigenvalue weighted by atomic mass is 19.1. The number of benzene rings is 2. The quantitative estimate of drug-likeness (QED) is 0.396. The van der Waals surface area contributed by atoms with Crippen LogP contribution in [-0.2, 0) is 18.3 Å². The zero-order valence-electron chi connectivity index (χ0n) is 20.0. The molecule has 3 unspecified atom stereocenters. The van der Waals surface area contributed by atoms with Crippen LogP contribution in [0, 0.1) is 29.0 Å². The first-order valence-electron chi connectivity index (χ1n) is 12.1. The number of ketones is 1. The number of halogens is 1. The van der Waals surface area contributed by atoms with Crippen LogP contribution in [0.25, 0.3) is 28.3 Å². The van der Waals surface area contributed by atoms with Gasteiger partial charge in [-0.3, -0.25) is 14.0 Å². The van der Waals surface area contributed by atoms with Crippen molar-refractivity contribution in [1.82, 2.24) is 19.3 Å². The standard InChI is InChI=1S/C29H24FN5O/c1-17-23-9-10-26-27(24(23)14-20(16-31)28(17)36)33-29(35(26)22-8-4-7-21(30)15-22)19-6-3-5-18(13-19)25-11-12-32-34(25)2/h3-8,11-15,17,23-24H,9-10H2,1-2H3. The van der Waals surface area contributed by atoms with Gasteiger partial charge >= 0.3 is 0 Å². The number of carbonyl (C=O) groups is 1. The maximum Gasteiger partial charge on any atom is 0.176 e. The van der Waals surface area contributed by atoms with Crippen molar-refractivity contribution < 1.29 is 9.18 Å². The molecule has 2 aromatic heterocycles. The van der Waals surface area contributed by atoms with Crippen molar-refractivity contribution in [3.63, 3.8) is 0 Å². The molecule has 0 spiro atoms. The summed E-state index contributed by atoms with van der Waals surface area (Å²) < 4.78 is 18.2. The second kappa shape index (κ2) is 8.42. The Kier molecular flexibility index (Phi) is 5.18. The third-order valence-electron chi connectivity index (χ3n) is 7.59. The van der Waals surface area contributed by atoms with E-state index in [1.165, 1.54) is 12.1 Å². The van der Waals surface area contributed by atoms with Gasteiger partial charge in [0, 0.05) is 41.9 Å². The maximum absolute atomic E-state index is 14.4. The second-order valence-electron chi connectivity index (χ2n) is 9.58. The first-order chi connectivity index (χ1) is 17.5. The lowest BCUT2D eigenvalue weighted by Crippen LogP contribution is -2.34. The van der Waals surface area contributed by atoms with Crippen molar-refractivity contribution in [3.8, 4) is 34.4 Å². The molecule has 7 heteroatoms. The van der Waals surface area contributed by atoms with Gasteiger partial charge in [0.2, 0.25) is 0 Å². The molecule has 0 bridgehead atoms. The number of allylic oxidation sites excluding steroid dienone is 2. The third-order valence-corrected chi connectivity index (χ3v) is 7.59. The highest BCUT2D eigenvalue weighted by Crippen LogP contribution is 2.46. The summed E-state index contributed by atoms with van der Waals surface area (Å²) in [7, 11) is 1.90. The van der Waals surface area contributed by atoms with Crippen molar-refractivity contribution in [1.29, 1.82) is 5.26 Å². The van der Waals surface area contributed by atoms with Crippen LogP contribution in [0.1, 0.15) is 30.7 Å². The van der Waals surface area contributed by atoms with E-state index in [-0.39, 0.29) is 34.9 Å². The van der Waals surface area contributed by atoms with E-state index in [9.17, 15) is 14.4 Å². The molecule has 0 radical (unpaired) electrons. The Hall–Kier alpha value is -4.31. The smallest absolute Gasteiger partial charge is 0.176 e. The van der Waals surface area contributed by atoms with Crippen LogP contribution in [0.3, 0.4) is 0 Å². The van der Waals surface area contributed by atoms with Crippen molar-refractivity contribution in [2.24, 2.45) is 18.9 Å². The average molecular weight is 478 g/mol. The monoisotopic (exact) mass is 477 g/mol. The van der Waals surface area contributed by atoms with Gasteiger partial charge in [-0.2, -0.15) is 10.4 Å². The summed E-state index contributed by atoms with van der Waals surface area (Å²) in [4.78, 5) is 17.8. The molecule has 6 nitrogen and oxygen atoms in total. The lowest BCUT2D eigenvalue weighted by Gasteiger charge is -2.36. The van der Waals surface area contributed by atoms with E-state index < -0.39 is 0 Å². The Morgan fingerprint density at radius 2 is 1.92 bits per heavy atom. The minimum absolute atomic E-state index is 0.0872. The van der Waals surface area contributed by atoms with E-state index in [4.69, 9.17) is 4.98 Å². The van der Waals surface area contributed by atoms with Crippen LogP contribution in [0.2, 0.25) is 0 Å². The largest absolute Gasteiger partial charge is 0.296 e. The minimum Gasteiger partial charge on any atom is -0.296 e. The number of nitriles is 1. The van der Waals surface area contributed by atoms with Crippen LogP contribution in [-0.4, -0.2) is 25.1 Å². The second-order valence-corrected chi connectivity index (χ2v) is 9.58. The summed E-state index contributed by atoms with van der Waals surface area (Å²) in [6.07, 6.45) is 5.08. The van der Waals surface area contributed by atoms with Crippen molar-refractivity contribution in [2.75, 3.05) is 0 Å². The van der Waals surface area contributed by atoms with Gasteiger partial charge in [0.25, 0.3) is 0 Å². The number of aromatic nitrogens is 4. The van der Waals surface area contributed by atoms with Gasteiger partial charge in [0.05, 0.1) is 22.6 Å². The van der Waals surface area contributed by atoms with Gasteiger partial charge in [-0.05, 0) is 49.1 Å². The highest BCUT2D eigenvalue weighted by molar-refractivity contribution is 6.01. The molecule has 6 rings (SSSR count). The number of aryl methyl sites for hydroxylation is 1. The van der Waals surface area contributed by atoms with E-state index in [0.717, 1.165) is 41.1 Å². The molecule has 0 fully saturated rings. The Morgan fingerprint density at radius 3 is 2.67 bits per heavy atom. The molecule has 0 saturated carbocycles. The van der Waals surface area contributed by atoms with E-state index in [0.29, 0.717) is 11.5 Å². The number of carbonyl (C=O) groups excluding carboxylic acids is 1. The van der Waals surface area contributed by atoms with Gasteiger partial charge < -0.3 is 0 Å². The van der Waals surface area contributed by atoms with Gasteiger partial charge in [-0.25, -0.2) is 9.37 Å². The fourth-order valence-corrected chi connectivity index (χ4v) is 5.78. The maximum atomic E-state index is 14.4. The molecule has 0 aliphatic heterocycles. The molecule has 0 amide bonds. The molecule has 4 aromatic rings. The van der Waals surface area contributed by atoms with Crippen LogP contribution in [0.4, 0.5) is 4.39 Å². The Bertz CT molecular complexity index is 1590. The molecular weight excluding hydrogens is 453 g/mol. The van der Waals surface area contributed by atoms with E-state index in [1.54, 1.807) is 18.3 Å². The summed E-state index contributed by atoms with van der Waals surface area (Å²) in [5.74, 6) is 0.0274. The Morgan fingerprint density at radius 1 is 1.11 bits per heavy atom. The molecular formula is C29H24FN5O. The van der Waals surface area contributed by atoms with Crippen molar-refractivity contribution in [3.05, 3.63) is 89.6 Å². The highest BCUT2D eigenvalue weighted by Gasteiger charge is 2.42. The summed E-state index contributed by atoms with van der Waals surface area (Å²) in [5, 5.41) is 13.9. The molecule has 2 aliphatic rings. The molecule has 3 atom stereocenters. The zero-order valence-corrected chi connectivity index (χ0v) is 20.0. The van der Waals surface area contributed by atoms with Gasteiger partial charge in [-0.15, -0.1) is 0 Å². The first-order valence-corrected chi connectivity index (χ1v) is 12.1. The van der Waals surface area contributed by atoms with Crippen molar-refractivity contribution in [2.45, 2.75) is 25.7 Å². The van der Waals surface area contributed by atoms with Crippen LogP contribution >= 0.6 is 0 Å². The molecule has 0 N–H and O–H groups in total. The van der Waals surface area contributed by atoms with Crippen molar-refractivity contribution >= 4 is 5.78 Å². The number of nitrogens with zero attached hydrogens (tertiary/aromatic N) is 5. The van der Waals surface area contributed by atoms with E-state index >= 15 is 0 Å². The van der Waals surface area contributed by atoms with E-state index in [1.807, 2.05) is 53.6 Å². The summed E-state index contributed by atoms with van der Waals surface area (Å²) in [5.41, 5.74) is 5.64. The summed E-state index contributed by atoms with van der Waals surface area (Å²) in [6, 6.07) is 18.7. The van der Waals surface area contributed by atoms with E-state index in [2.05, 4.69) is 17.2 Å². The predicted molar refractivity (Wildman–Crippen MR) is 134 cm³/mol. The number of hydrogen-bond acceptors (Lipinski definition) is 4. The summed E-state index contributed by atoms with van der Waals surface area (Å²) >= 11 is 0. The molecule has 2 heterocycles. The fourth-order valence-electron chi connectivity index (χ4n) is 5.78. The third kappa shape index (κ3) is 3.41. The number of fused-ring (bicyclic) bond motifs is 3. The number of imidazole rings is 1. The zero-order chi connectivity index (χ0) is 25.0. The van der Waals surface area contributed by atoms with Crippen LogP contribution < -0.4 is 0 Å². The van der Waals surface area contributed by atoms with Crippen LogP contribution in [0.15, 0.2) is 72.4 Å². The molecule has 2 aliphatic carbocycles. The molecule has 36 heavy (non-hydrogen) atoms. The van der Waals surface area contributed by atoms with Gasteiger partial charge in [-0.1, -0.05) is 37.3 Å². The molecule has 2 aromatic carbocycles. The van der Waals surface area contributed by atoms with Crippen LogP contribution in [0.5, 0.6) is 0 Å². The number of Topliss-reactive ketones (excluding diaryl/α,β-unsaturated/α-hetero) is 1. The topological polar surface area (TPSA) is 76.5 Å². The number of rotatable bonds is 3. The lowest BCUT2D eigenvalue weighted by atomic mass is 9.67. The SMILES string of the molecule is CC1C(=O)C(C#N)=CC2c3nc(-c4cccc(-c5ccnn5C)c4)n(-c4cccc(F)c4)c3CCC12. The number of hydrogen-bond donors (Lipinski definition) is 0. The van der Waals surface area contributed by atoms with Gasteiger partial charge in [0.15, 0.2) is 5.78 Å². The Labute approximate surface area is 208 Å².